The lowest BCUT2D eigenvalue weighted by atomic mass is 10.1. The van der Waals surface area contributed by atoms with Gasteiger partial charge in [-0.3, -0.25) is 0 Å². The van der Waals surface area contributed by atoms with Crippen molar-refractivity contribution in [1.82, 2.24) is 0 Å². The van der Waals surface area contributed by atoms with Crippen LogP contribution in [-0.2, 0) is 6.42 Å². The molecule has 2 aromatic rings. The Bertz CT molecular complexity index is 460. The van der Waals surface area contributed by atoms with Gasteiger partial charge in [0.25, 0.3) is 0 Å². The average molecular weight is 224 g/mol. The second-order valence-corrected chi connectivity index (χ2v) is 4.68. The molecule has 1 nitrogen and oxygen atoms in total. The minimum atomic E-state index is 0.966. The van der Waals surface area contributed by atoms with E-state index in [1.807, 2.05) is 0 Å². The van der Waals surface area contributed by atoms with Crippen LogP contribution in [0.3, 0.4) is 0 Å². The van der Waals surface area contributed by atoms with E-state index in [1.165, 1.54) is 15.6 Å². The minimum Gasteiger partial charge on any atom is -0.487 e. The van der Waals surface area contributed by atoms with Crippen LogP contribution in [0.2, 0.25) is 0 Å². The van der Waals surface area contributed by atoms with Crippen LogP contribution in [0.25, 0.3) is 10.1 Å². The Morgan fingerprint density at radius 2 is 2.14 bits per heavy atom. The van der Waals surface area contributed by atoms with E-state index in [9.17, 15) is 0 Å². The first-order chi connectivity index (χ1) is 6.74. The van der Waals surface area contributed by atoms with E-state index in [1.54, 1.807) is 18.4 Å². The fourth-order valence-electron chi connectivity index (χ4n) is 1.55. The van der Waals surface area contributed by atoms with Crippen LogP contribution in [0.4, 0.5) is 0 Å². The molecule has 0 saturated carbocycles. The van der Waals surface area contributed by atoms with Crippen molar-refractivity contribution in [3.63, 3.8) is 0 Å². The largest absolute Gasteiger partial charge is 0.487 e. The van der Waals surface area contributed by atoms with Crippen LogP contribution in [0, 0.1) is 0 Å². The van der Waals surface area contributed by atoms with Crippen LogP contribution in [-0.4, -0.2) is 7.11 Å². The molecule has 0 saturated heterocycles. The maximum absolute atomic E-state index is 5.23. The van der Waals surface area contributed by atoms with Gasteiger partial charge in [-0.25, -0.2) is 0 Å². The monoisotopic (exact) mass is 224 g/mol. The Hall–Kier alpha value is -0.670. The van der Waals surface area contributed by atoms with E-state index in [0.29, 0.717) is 0 Å². The summed E-state index contributed by atoms with van der Waals surface area (Å²) in [5.41, 5.74) is 1.35. The number of thiophene rings is 1. The molecule has 74 valence electrons. The molecule has 0 aliphatic rings. The van der Waals surface area contributed by atoms with Crippen molar-refractivity contribution in [1.29, 1.82) is 0 Å². The topological polar surface area (TPSA) is 9.23 Å². The lowest BCUT2D eigenvalue weighted by Gasteiger charge is -1.99. The number of rotatable bonds is 2. The number of ether oxygens (including phenoxy) is 1. The molecule has 0 atom stereocenters. The molecule has 0 fully saturated rings. The molecule has 0 bridgehead atoms. The first-order valence-corrected chi connectivity index (χ1v) is 5.80. The third kappa shape index (κ3) is 1.62. The van der Waals surface area contributed by atoms with Gasteiger partial charge in [-0.2, -0.15) is 0 Å². The molecule has 0 spiro atoms. The molecular weight excluding hydrogens is 212 g/mol. The van der Waals surface area contributed by atoms with Crippen LogP contribution in [0.1, 0.15) is 12.5 Å². The highest BCUT2D eigenvalue weighted by Crippen LogP contribution is 2.35. The molecule has 1 aromatic carbocycles. The zero-order chi connectivity index (χ0) is 10.1. The number of hydrogen-bond acceptors (Lipinski definition) is 3. The van der Waals surface area contributed by atoms with Gasteiger partial charge < -0.3 is 4.74 Å². The molecule has 14 heavy (non-hydrogen) atoms. The molecule has 0 aliphatic carbocycles. The van der Waals surface area contributed by atoms with Crippen LogP contribution in [0.15, 0.2) is 23.1 Å². The maximum Gasteiger partial charge on any atom is 0.174 e. The number of hydrogen-bond donors (Lipinski definition) is 1. The number of methoxy groups -OCH3 is 1. The van der Waals surface area contributed by atoms with Gasteiger partial charge in [0.2, 0.25) is 0 Å². The molecule has 1 aromatic heterocycles. The fraction of sp³-hybridized carbons (Fsp3) is 0.273. The van der Waals surface area contributed by atoms with Gasteiger partial charge in [0.15, 0.2) is 5.06 Å². The van der Waals surface area contributed by atoms with Gasteiger partial charge in [-0.1, -0.05) is 18.3 Å². The van der Waals surface area contributed by atoms with E-state index < -0.39 is 0 Å². The lowest BCUT2D eigenvalue weighted by Crippen LogP contribution is -1.79. The SMILES string of the molecule is CCc1cc(S)cc2cc(OC)sc12. The third-order valence-electron chi connectivity index (χ3n) is 2.24. The van der Waals surface area contributed by atoms with Crippen molar-refractivity contribution in [3.05, 3.63) is 23.8 Å². The van der Waals surface area contributed by atoms with E-state index >= 15 is 0 Å². The molecule has 0 N–H and O–H groups in total. The molecule has 0 amide bonds. The number of benzene rings is 1. The summed E-state index contributed by atoms with van der Waals surface area (Å²) in [6, 6.07) is 6.27. The zero-order valence-corrected chi connectivity index (χ0v) is 9.91. The highest BCUT2D eigenvalue weighted by molar-refractivity contribution is 7.80. The van der Waals surface area contributed by atoms with Crippen LogP contribution < -0.4 is 4.74 Å². The lowest BCUT2D eigenvalue weighted by molar-refractivity contribution is 0.427. The second-order valence-electron chi connectivity index (χ2n) is 3.15. The average Bonchev–Trinajstić information content (AvgIpc) is 2.59. The van der Waals surface area contributed by atoms with Crippen molar-refractivity contribution >= 4 is 34.1 Å². The molecule has 0 aliphatic heterocycles. The summed E-state index contributed by atoms with van der Waals surface area (Å²) < 4.78 is 6.55. The van der Waals surface area contributed by atoms with Gasteiger partial charge in [0.05, 0.1) is 7.11 Å². The summed E-state index contributed by atoms with van der Waals surface area (Å²) in [6.07, 6.45) is 1.04. The normalized spacial score (nSPS) is 10.8. The van der Waals surface area contributed by atoms with Gasteiger partial charge >= 0.3 is 0 Å². The zero-order valence-electron chi connectivity index (χ0n) is 8.20. The van der Waals surface area contributed by atoms with E-state index in [-0.39, 0.29) is 0 Å². The minimum absolute atomic E-state index is 0.966. The smallest absolute Gasteiger partial charge is 0.174 e. The van der Waals surface area contributed by atoms with Crippen molar-refractivity contribution in [2.75, 3.05) is 7.11 Å². The van der Waals surface area contributed by atoms with Crippen molar-refractivity contribution in [2.24, 2.45) is 0 Å². The summed E-state index contributed by atoms with van der Waals surface area (Å²) in [5.74, 6) is 0. The predicted octanol–water partition coefficient (Wildman–Crippen LogP) is 3.76. The first kappa shape index (κ1) is 9.87. The van der Waals surface area contributed by atoms with E-state index in [4.69, 9.17) is 4.74 Å². The summed E-state index contributed by atoms with van der Waals surface area (Å²) in [6.45, 7) is 2.16. The Labute approximate surface area is 93.1 Å². The van der Waals surface area contributed by atoms with Gasteiger partial charge in [-0.05, 0) is 35.6 Å². The van der Waals surface area contributed by atoms with Crippen LogP contribution >= 0.6 is 24.0 Å². The highest BCUT2D eigenvalue weighted by atomic mass is 32.1. The predicted molar refractivity (Wildman–Crippen MR) is 65.0 cm³/mol. The van der Waals surface area contributed by atoms with Gasteiger partial charge in [0, 0.05) is 9.60 Å². The quantitative estimate of drug-likeness (QED) is 0.764. The maximum atomic E-state index is 5.23. The van der Waals surface area contributed by atoms with Gasteiger partial charge in [0.1, 0.15) is 0 Å². The molecule has 0 unspecified atom stereocenters. The Balaban J connectivity index is 2.71. The van der Waals surface area contributed by atoms with Gasteiger partial charge in [-0.15, -0.1) is 12.6 Å². The first-order valence-electron chi connectivity index (χ1n) is 4.54. The second kappa shape index (κ2) is 3.83. The summed E-state index contributed by atoms with van der Waals surface area (Å²) in [5, 5.41) is 2.20. The summed E-state index contributed by atoms with van der Waals surface area (Å²) >= 11 is 6.09. The van der Waals surface area contributed by atoms with E-state index in [2.05, 4.69) is 37.8 Å². The summed E-state index contributed by atoms with van der Waals surface area (Å²) in [7, 11) is 1.71. The Morgan fingerprint density at radius 1 is 1.36 bits per heavy atom. The molecule has 0 radical (unpaired) electrons. The Morgan fingerprint density at radius 3 is 2.79 bits per heavy atom. The van der Waals surface area contributed by atoms with Crippen molar-refractivity contribution in [2.45, 2.75) is 18.2 Å². The molecular formula is C11H12OS2. The molecule has 2 rings (SSSR count). The molecule has 1 heterocycles. The van der Waals surface area contributed by atoms with Crippen molar-refractivity contribution < 1.29 is 4.74 Å². The molecule has 3 heteroatoms. The van der Waals surface area contributed by atoms with Crippen molar-refractivity contribution in [3.8, 4) is 5.06 Å². The summed E-state index contributed by atoms with van der Waals surface area (Å²) in [4.78, 5) is 1.02. The number of fused-ring (bicyclic) bond motifs is 1. The number of aryl methyl sites for hydroxylation is 1. The fourth-order valence-corrected chi connectivity index (χ4v) is 2.88. The van der Waals surface area contributed by atoms with E-state index in [0.717, 1.165) is 16.4 Å². The highest BCUT2D eigenvalue weighted by Gasteiger charge is 2.06. The Kier molecular flexibility index (Phi) is 2.70. The van der Waals surface area contributed by atoms with Crippen LogP contribution in [0.5, 0.6) is 5.06 Å². The number of thiol groups is 1. The standard InChI is InChI=1S/C11H12OS2/c1-3-7-4-9(13)5-8-6-10(12-2)14-11(7)8/h4-6,13H,3H2,1-2H3. The third-order valence-corrected chi connectivity index (χ3v) is 3.68.